The summed E-state index contributed by atoms with van der Waals surface area (Å²) in [5.41, 5.74) is -0.855. The summed E-state index contributed by atoms with van der Waals surface area (Å²) in [6.45, 7) is 3.38. The largest absolute Gasteiger partial charge is 0.385 e. The molecule has 0 saturated heterocycles. The lowest BCUT2D eigenvalue weighted by Gasteiger charge is -2.22. The summed E-state index contributed by atoms with van der Waals surface area (Å²) in [7, 11) is 0. The van der Waals surface area contributed by atoms with Crippen molar-refractivity contribution in [3.8, 4) is 0 Å². The molecule has 0 aliphatic rings. The van der Waals surface area contributed by atoms with E-state index in [-0.39, 0.29) is 10.2 Å². The Morgan fingerprint density at radius 2 is 2.31 bits per heavy atom. The van der Waals surface area contributed by atoms with Gasteiger partial charge in [-0.15, -0.1) is 0 Å². The third kappa shape index (κ3) is 2.06. The van der Waals surface area contributed by atoms with E-state index in [4.69, 9.17) is 0 Å². The molecule has 0 amide bonds. The summed E-state index contributed by atoms with van der Waals surface area (Å²) < 4.78 is 13.6. The van der Waals surface area contributed by atoms with E-state index in [0.29, 0.717) is 6.42 Å². The SMILES string of the molecule is CCC(C)(O)c1ccnc(Br)c1F. The highest BCUT2D eigenvalue weighted by Gasteiger charge is 2.25. The average Bonchev–Trinajstić information content (AvgIpc) is 2.09. The Morgan fingerprint density at radius 3 is 2.85 bits per heavy atom. The van der Waals surface area contributed by atoms with Crippen molar-refractivity contribution in [2.45, 2.75) is 25.9 Å². The molecule has 0 aromatic carbocycles. The summed E-state index contributed by atoms with van der Waals surface area (Å²) in [4.78, 5) is 3.72. The van der Waals surface area contributed by atoms with Gasteiger partial charge in [0, 0.05) is 11.8 Å². The van der Waals surface area contributed by atoms with Crippen LogP contribution in [0.3, 0.4) is 0 Å². The van der Waals surface area contributed by atoms with Gasteiger partial charge in [-0.05, 0) is 35.3 Å². The van der Waals surface area contributed by atoms with Crippen LogP contribution in [-0.4, -0.2) is 10.1 Å². The lowest BCUT2D eigenvalue weighted by atomic mass is 9.94. The fourth-order valence-corrected chi connectivity index (χ4v) is 1.36. The minimum absolute atomic E-state index is 0.138. The van der Waals surface area contributed by atoms with Crippen LogP contribution in [0, 0.1) is 5.82 Å². The topological polar surface area (TPSA) is 33.1 Å². The van der Waals surface area contributed by atoms with E-state index in [9.17, 15) is 9.50 Å². The molecule has 72 valence electrons. The van der Waals surface area contributed by atoms with Gasteiger partial charge in [0.2, 0.25) is 0 Å². The van der Waals surface area contributed by atoms with Crippen LogP contribution >= 0.6 is 15.9 Å². The Morgan fingerprint density at radius 1 is 1.69 bits per heavy atom. The number of rotatable bonds is 2. The third-order valence-corrected chi connectivity index (χ3v) is 2.67. The molecule has 1 heterocycles. The van der Waals surface area contributed by atoms with Crippen molar-refractivity contribution in [2.75, 3.05) is 0 Å². The van der Waals surface area contributed by atoms with Crippen molar-refractivity contribution >= 4 is 15.9 Å². The maximum Gasteiger partial charge on any atom is 0.162 e. The highest BCUT2D eigenvalue weighted by Crippen LogP contribution is 2.28. The summed E-state index contributed by atoms with van der Waals surface area (Å²) in [5, 5.41) is 9.81. The fraction of sp³-hybridized carbons (Fsp3) is 0.444. The molecule has 0 radical (unpaired) electrons. The van der Waals surface area contributed by atoms with E-state index in [1.807, 2.05) is 0 Å². The fourth-order valence-electron chi connectivity index (χ4n) is 1.02. The molecule has 0 bridgehead atoms. The van der Waals surface area contributed by atoms with E-state index in [2.05, 4.69) is 20.9 Å². The molecule has 1 unspecified atom stereocenters. The highest BCUT2D eigenvalue weighted by atomic mass is 79.9. The zero-order valence-corrected chi connectivity index (χ0v) is 9.10. The Balaban J connectivity index is 3.22. The Hall–Kier alpha value is -0.480. The number of hydrogen-bond donors (Lipinski definition) is 1. The number of pyridine rings is 1. The number of aliphatic hydroxyl groups is 1. The molecule has 0 aliphatic heterocycles. The van der Waals surface area contributed by atoms with Crippen molar-refractivity contribution in [3.63, 3.8) is 0 Å². The van der Waals surface area contributed by atoms with Crippen LogP contribution in [0.15, 0.2) is 16.9 Å². The summed E-state index contributed by atoms with van der Waals surface area (Å²) in [5.74, 6) is -0.491. The highest BCUT2D eigenvalue weighted by molar-refractivity contribution is 9.10. The van der Waals surface area contributed by atoms with Crippen molar-refractivity contribution < 1.29 is 9.50 Å². The first-order valence-corrected chi connectivity index (χ1v) is 4.81. The standard InChI is InChI=1S/C9H11BrFNO/c1-3-9(2,13)6-4-5-12-8(10)7(6)11/h4-5,13H,3H2,1-2H3. The van der Waals surface area contributed by atoms with E-state index < -0.39 is 11.4 Å². The van der Waals surface area contributed by atoms with Gasteiger partial charge in [-0.2, -0.15) is 0 Å². The maximum atomic E-state index is 13.4. The van der Waals surface area contributed by atoms with Crippen LogP contribution in [0.4, 0.5) is 4.39 Å². The van der Waals surface area contributed by atoms with Crippen LogP contribution in [0.5, 0.6) is 0 Å². The van der Waals surface area contributed by atoms with E-state index in [1.165, 1.54) is 12.3 Å². The van der Waals surface area contributed by atoms with Crippen LogP contribution in [0.2, 0.25) is 0 Å². The van der Waals surface area contributed by atoms with E-state index >= 15 is 0 Å². The van der Waals surface area contributed by atoms with Gasteiger partial charge in [-0.3, -0.25) is 0 Å². The number of halogens is 2. The van der Waals surface area contributed by atoms with Gasteiger partial charge in [-0.1, -0.05) is 6.92 Å². The molecule has 13 heavy (non-hydrogen) atoms. The predicted molar refractivity (Wildman–Crippen MR) is 51.8 cm³/mol. The summed E-state index contributed by atoms with van der Waals surface area (Å²) in [6, 6.07) is 1.49. The predicted octanol–water partition coefficient (Wildman–Crippen LogP) is 2.60. The van der Waals surface area contributed by atoms with Crippen LogP contribution in [-0.2, 0) is 5.60 Å². The van der Waals surface area contributed by atoms with Gasteiger partial charge >= 0.3 is 0 Å². The van der Waals surface area contributed by atoms with Crippen molar-refractivity contribution in [2.24, 2.45) is 0 Å². The lowest BCUT2D eigenvalue weighted by Crippen LogP contribution is -2.21. The number of nitrogens with zero attached hydrogens (tertiary/aromatic N) is 1. The third-order valence-electron chi connectivity index (χ3n) is 2.12. The molecule has 1 N–H and O–H groups in total. The van der Waals surface area contributed by atoms with Crippen molar-refractivity contribution in [1.82, 2.24) is 4.98 Å². The van der Waals surface area contributed by atoms with Gasteiger partial charge in [0.1, 0.15) is 4.60 Å². The monoisotopic (exact) mass is 247 g/mol. The normalized spacial score (nSPS) is 15.5. The number of aromatic nitrogens is 1. The minimum atomic E-state index is -1.13. The smallest absolute Gasteiger partial charge is 0.162 e. The second kappa shape index (κ2) is 3.72. The van der Waals surface area contributed by atoms with Gasteiger partial charge in [0.05, 0.1) is 5.60 Å². The maximum absolute atomic E-state index is 13.4. The Bertz CT molecular complexity index is 314. The van der Waals surface area contributed by atoms with Gasteiger partial charge in [-0.25, -0.2) is 9.37 Å². The first-order chi connectivity index (χ1) is 5.99. The molecule has 1 aromatic rings. The quantitative estimate of drug-likeness (QED) is 0.816. The molecule has 0 saturated carbocycles. The lowest BCUT2D eigenvalue weighted by molar-refractivity contribution is 0.0490. The van der Waals surface area contributed by atoms with Crippen LogP contribution < -0.4 is 0 Å². The average molecular weight is 248 g/mol. The van der Waals surface area contributed by atoms with Gasteiger partial charge in [0.25, 0.3) is 0 Å². The van der Waals surface area contributed by atoms with Crippen molar-refractivity contribution in [3.05, 3.63) is 28.2 Å². The zero-order valence-electron chi connectivity index (χ0n) is 7.51. The molecule has 1 rings (SSSR count). The first-order valence-electron chi connectivity index (χ1n) is 4.02. The summed E-state index contributed by atoms with van der Waals surface area (Å²) in [6.07, 6.45) is 1.92. The first kappa shape index (κ1) is 10.6. The molecule has 1 aromatic heterocycles. The summed E-state index contributed by atoms with van der Waals surface area (Å²) >= 11 is 2.97. The molecular formula is C9H11BrFNO. The Labute approximate surface area is 84.9 Å². The molecule has 0 spiro atoms. The second-order valence-corrected chi connectivity index (χ2v) is 3.84. The van der Waals surface area contributed by atoms with Crippen molar-refractivity contribution in [1.29, 1.82) is 0 Å². The molecular weight excluding hydrogens is 237 g/mol. The Kier molecular flexibility index (Phi) is 3.03. The second-order valence-electron chi connectivity index (χ2n) is 3.09. The van der Waals surface area contributed by atoms with Gasteiger partial charge in [0.15, 0.2) is 5.82 Å². The molecule has 4 heteroatoms. The van der Waals surface area contributed by atoms with E-state index in [1.54, 1.807) is 13.8 Å². The zero-order chi connectivity index (χ0) is 10.1. The molecule has 0 fully saturated rings. The minimum Gasteiger partial charge on any atom is -0.385 e. The molecule has 2 nitrogen and oxygen atoms in total. The van der Waals surface area contributed by atoms with Crippen LogP contribution in [0.1, 0.15) is 25.8 Å². The van der Waals surface area contributed by atoms with E-state index in [0.717, 1.165) is 0 Å². The molecule has 0 aliphatic carbocycles. The van der Waals surface area contributed by atoms with Gasteiger partial charge < -0.3 is 5.11 Å². The molecule has 1 atom stereocenters. The van der Waals surface area contributed by atoms with Crippen LogP contribution in [0.25, 0.3) is 0 Å². The number of hydrogen-bond acceptors (Lipinski definition) is 2.